The van der Waals surface area contributed by atoms with Crippen LogP contribution in [0.1, 0.15) is 52.4 Å². The Morgan fingerprint density at radius 1 is 1.09 bits per heavy atom. The number of hydrogen-bond donors (Lipinski definition) is 2. The summed E-state index contributed by atoms with van der Waals surface area (Å²) in [4.78, 5) is 43.1. The summed E-state index contributed by atoms with van der Waals surface area (Å²) in [7, 11) is 1.51. The molecule has 0 unspecified atom stereocenters. The number of carbonyl (C=O) groups excluding carboxylic acids is 2. The maximum atomic E-state index is 13.0. The van der Waals surface area contributed by atoms with Crippen LogP contribution in [-0.4, -0.2) is 52.2 Å². The highest BCUT2D eigenvalue weighted by molar-refractivity contribution is 7.17. The summed E-state index contributed by atoms with van der Waals surface area (Å²) in [6.45, 7) is 0.168. The van der Waals surface area contributed by atoms with E-state index in [0.29, 0.717) is 12.8 Å². The van der Waals surface area contributed by atoms with E-state index in [0.717, 1.165) is 46.4 Å². The minimum absolute atomic E-state index is 0.0612. The number of aromatic nitrogens is 1. The number of likely N-dealkylation sites (N-methyl/N-ethyl adjacent to an activating group) is 1. The summed E-state index contributed by atoms with van der Waals surface area (Å²) in [5.41, 5.74) is 3.33. The second-order valence-electron chi connectivity index (χ2n) is 8.89. The Labute approximate surface area is 206 Å². The highest BCUT2D eigenvalue weighted by atomic mass is 32.1. The summed E-state index contributed by atoms with van der Waals surface area (Å²) >= 11 is 0.995. The van der Waals surface area contributed by atoms with Crippen LogP contribution in [0, 0.1) is 0 Å². The van der Waals surface area contributed by atoms with Crippen LogP contribution in [0.3, 0.4) is 0 Å². The van der Waals surface area contributed by atoms with Gasteiger partial charge in [0.1, 0.15) is 17.0 Å². The van der Waals surface area contributed by atoms with E-state index in [1.165, 1.54) is 18.1 Å². The Morgan fingerprint density at radius 3 is 2.29 bits per heavy atom. The Hall–Kier alpha value is -3.72. The van der Waals surface area contributed by atoms with Gasteiger partial charge >= 0.3 is 12.1 Å². The van der Waals surface area contributed by atoms with Crippen LogP contribution in [0.5, 0.6) is 0 Å². The molecule has 1 saturated carbocycles. The van der Waals surface area contributed by atoms with Crippen molar-refractivity contribution < 1.29 is 24.2 Å². The van der Waals surface area contributed by atoms with Crippen LogP contribution in [0.2, 0.25) is 0 Å². The first-order valence-electron chi connectivity index (χ1n) is 11.5. The smallest absolute Gasteiger partial charge is 0.413 e. The van der Waals surface area contributed by atoms with E-state index < -0.39 is 23.5 Å². The third kappa shape index (κ3) is 4.05. The van der Waals surface area contributed by atoms with Gasteiger partial charge in [0, 0.05) is 13.0 Å². The topological polar surface area (TPSA) is 109 Å². The molecule has 2 aliphatic rings. The van der Waals surface area contributed by atoms with Crippen molar-refractivity contribution in [3.05, 3.63) is 70.7 Å². The summed E-state index contributed by atoms with van der Waals surface area (Å²) in [6, 6.07) is 16.2. The summed E-state index contributed by atoms with van der Waals surface area (Å²) in [5.74, 6) is -1.48. The quantitative estimate of drug-likeness (QED) is 0.504. The van der Waals surface area contributed by atoms with E-state index >= 15 is 0 Å². The van der Waals surface area contributed by atoms with Crippen LogP contribution in [0.4, 0.5) is 9.93 Å². The fourth-order valence-electron chi connectivity index (χ4n) is 5.16. The fraction of sp³-hybridized carbons (Fsp3) is 0.308. The molecule has 8 nitrogen and oxygen atoms in total. The third-order valence-corrected chi connectivity index (χ3v) is 7.95. The number of aliphatic carboxylic acids is 1. The summed E-state index contributed by atoms with van der Waals surface area (Å²) < 4.78 is 5.53. The number of nitrogens with zero attached hydrogens (tertiary/aromatic N) is 2. The molecule has 1 heterocycles. The molecule has 2 aromatic carbocycles. The van der Waals surface area contributed by atoms with E-state index in [4.69, 9.17) is 4.74 Å². The molecule has 3 aromatic rings. The molecule has 180 valence electrons. The average Bonchev–Trinajstić information content (AvgIpc) is 3.60. The number of ether oxygens (including phenoxy) is 1. The number of fused-ring (bicyclic) bond motifs is 3. The number of anilines is 1. The molecule has 2 aliphatic carbocycles. The number of thiazole rings is 1. The van der Waals surface area contributed by atoms with Gasteiger partial charge in [0.05, 0.1) is 6.20 Å². The van der Waals surface area contributed by atoms with Crippen LogP contribution >= 0.6 is 11.3 Å². The third-order valence-electron chi connectivity index (χ3n) is 7.04. The number of hydrogen-bond acceptors (Lipinski definition) is 6. The lowest BCUT2D eigenvalue weighted by atomic mass is 9.95. The molecule has 0 radical (unpaired) electrons. The molecule has 1 fully saturated rings. The Balaban J connectivity index is 1.23. The van der Waals surface area contributed by atoms with Gasteiger partial charge in [0.25, 0.3) is 5.91 Å². The molecule has 2 amide bonds. The average molecular weight is 492 g/mol. The SMILES string of the molecule is CN(C(=O)c1cnc(NC(=O)OCC2c3ccccc3-c3ccccc32)s1)C1(C(=O)O)CCCC1. The molecule has 9 heteroatoms. The van der Waals surface area contributed by atoms with Crippen molar-refractivity contribution in [2.45, 2.75) is 37.1 Å². The van der Waals surface area contributed by atoms with Gasteiger partial charge in [-0.05, 0) is 35.1 Å². The van der Waals surface area contributed by atoms with E-state index in [-0.39, 0.29) is 22.5 Å². The van der Waals surface area contributed by atoms with Gasteiger partial charge in [-0.1, -0.05) is 72.7 Å². The van der Waals surface area contributed by atoms with Crippen molar-refractivity contribution in [2.75, 3.05) is 19.0 Å². The second kappa shape index (κ2) is 9.14. The summed E-state index contributed by atoms with van der Waals surface area (Å²) in [6.07, 6.45) is 3.07. The minimum Gasteiger partial charge on any atom is -0.479 e. The number of benzene rings is 2. The molecule has 0 spiro atoms. The number of amides is 2. The van der Waals surface area contributed by atoms with Crippen LogP contribution in [0.15, 0.2) is 54.7 Å². The van der Waals surface area contributed by atoms with Gasteiger partial charge < -0.3 is 14.7 Å². The first-order chi connectivity index (χ1) is 16.9. The van der Waals surface area contributed by atoms with Crippen LogP contribution in [-0.2, 0) is 9.53 Å². The van der Waals surface area contributed by atoms with Crippen molar-refractivity contribution in [1.82, 2.24) is 9.88 Å². The first kappa shape index (κ1) is 23.0. The van der Waals surface area contributed by atoms with Gasteiger partial charge in [0.2, 0.25) is 0 Å². The number of nitrogens with one attached hydrogen (secondary N) is 1. The van der Waals surface area contributed by atoms with Crippen LogP contribution in [0.25, 0.3) is 11.1 Å². The van der Waals surface area contributed by atoms with Crippen LogP contribution < -0.4 is 5.32 Å². The second-order valence-corrected chi connectivity index (χ2v) is 9.92. The van der Waals surface area contributed by atoms with Gasteiger partial charge in [-0.3, -0.25) is 10.1 Å². The van der Waals surface area contributed by atoms with Gasteiger partial charge in [-0.25, -0.2) is 14.6 Å². The zero-order valence-electron chi connectivity index (χ0n) is 19.2. The fourth-order valence-corrected chi connectivity index (χ4v) is 5.94. The van der Waals surface area contributed by atoms with E-state index in [1.54, 1.807) is 0 Å². The normalized spacial score (nSPS) is 15.8. The lowest BCUT2D eigenvalue weighted by Gasteiger charge is -2.34. The predicted molar refractivity (Wildman–Crippen MR) is 132 cm³/mol. The van der Waals surface area contributed by atoms with Gasteiger partial charge in [-0.2, -0.15) is 0 Å². The zero-order chi connectivity index (χ0) is 24.6. The van der Waals surface area contributed by atoms with E-state index in [2.05, 4.69) is 22.4 Å². The highest BCUT2D eigenvalue weighted by Gasteiger charge is 2.47. The molecule has 0 aliphatic heterocycles. The number of rotatable bonds is 6. The molecule has 0 bridgehead atoms. The Morgan fingerprint density at radius 2 is 1.69 bits per heavy atom. The van der Waals surface area contributed by atoms with Crippen molar-refractivity contribution in [3.63, 3.8) is 0 Å². The largest absolute Gasteiger partial charge is 0.479 e. The first-order valence-corrected chi connectivity index (χ1v) is 12.3. The van der Waals surface area contributed by atoms with Gasteiger partial charge in [0.15, 0.2) is 5.13 Å². The lowest BCUT2D eigenvalue weighted by Crippen LogP contribution is -2.53. The standard InChI is InChI=1S/C26H25N3O5S/c1-29(26(23(31)32)12-6-7-13-26)22(30)21-14-27-24(35-21)28-25(33)34-15-20-18-10-4-2-8-16(18)17-9-3-5-11-19(17)20/h2-5,8-11,14,20H,6-7,12-13,15H2,1H3,(H,31,32)(H,27,28,33). The molecule has 1 aromatic heterocycles. The number of carbonyl (C=O) groups is 3. The summed E-state index contributed by atoms with van der Waals surface area (Å²) in [5, 5.41) is 12.6. The number of carboxylic acids is 1. The Kier molecular flexibility index (Phi) is 6.02. The Bertz CT molecular complexity index is 1250. The monoisotopic (exact) mass is 491 g/mol. The maximum Gasteiger partial charge on any atom is 0.413 e. The van der Waals surface area contributed by atoms with Crippen molar-refractivity contribution in [2.24, 2.45) is 0 Å². The molecule has 2 N–H and O–H groups in total. The maximum absolute atomic E-state index is 13.0. The minimum atomic E-state index is -1.19. The van der Waals surface area contributed by atoms with Gasteiger partial charge in [-0.15, -0.1) is 0 Å². The molecule has 5 rings (SSSR count). The van der Waals surface area contributed by atoms with E-state index in [9.17, 15) is 19.5 Å². The zero-order valence-corrected chi connectivity index (χ0v) is 20.0. The van der Waals surface area contributed by atoms with E-state index in [1.807, 2.05) is 36.4 Å². The van der Waals surface area contributed by atoms with Crippen molar-refractivity contribution in [3.8, 4) is 11.1 Å². The highest BCUT2D eigenvalue weighted by Crippen LogP contribution is 2.44. The molecular formula is C26H25N3O5S. The molecular weight excluding hydrogens is 466 g/mol. The van der Waals surface area contributed by atoms with Crippen molar-refractivity contribution >= 4 is 34.4 Å². The lowest BCUT2D eigenvalue weighted by molar-refractivity contribution is -0.148. The molecule has 0 saturated heterocycles. The predicted octanol–water partition coefficient (Wildman–Crippen LogP) is 4.97. The van der Waals surface area contributed by atoms with Crippen molar-refractivity contribution in [1.29, 1.82) is 0 Å². The number of carboxylic acid groups (broad SMARTS) is 1. The molecule has 35 heavy (non-hydrogen) atoms. The molecule has 0 atom stereocenters.